The lowest BCUT2D eigenvalue weighted by Gasteiger charge is -1.97. The fraction of sp³-hybridized carbons (Fsp3) is 0.125. The summed E-state index contributed by atoms with van der Waals surface area (Å²) in [6, 6.07) is 1.79. The van der Waals surface area contributed by atoms with Crippen molar-refractivity contribution in [1.29, 1.82) is 0 Å². The van der Waals surface area contributed by atoms with E-state index in [2.05, 4.69) is 5.10 Å². The maximum absolute atomic E-state index is 10.4. The van der Waals surface area contributed by atoms with Gasteiger partial charge < -0.3 is 0 Å². The van der Waals surface area contributed by atoms with Gasteiger partial charge in [0.1, 0.15) is 12.4 Å². The summed E-state index contributed by atoms with van der Waals surface area (Å²) in [4.78, 5) is 10.9. The van der Waals surface area contributed by atoms with Crippen molar-refractivity contribution >= 4 is 28.6 Å². The highest BCUT2D eigenvalue weighted by molar-refractivity contribution is 7.10. The van der Waals surface area contributed by atoms with Gasteiger partial charge in [-0.05, 0) is 11.4 Å². The molecule has 0 saturated heterocycles. The van der Waals surface area contributed by atoms with Crippen LogP contribution in [0.5, 0.6) is 0 Å². The van der Waals surface area contributed by atoms with E-state index in [1.165, 1.54) is 28.4 Å². The van der Waals surface area contributed by atoms with Crippen molar-refractivity contribution in [2.24, 2.45) is 0 Å². The van der Waals surface area contributed by atoms with Gasteiger partial charge in [0.2, 0.25) is 0 Å². The number of hydrogen-bond donors (Lipinski definition) is 0. The van der Waals surface area contributed by atoms with E-state index in [0.29, 0.717) is 11.6 Å². The van der Waals surface area contributed by atoms with E-state index in [0.717, 1.165) is 4.88 Å². The number of thiophene rings is 1. The third-order valence-electron chi connectivity index (χ3n) is 1.83. The smallest absolute Gasteiger partial charge is 0.260 e. The molecular formula is C8H6ClN3O2S. The molecule has 0 aliphatic heterocycles. The third-order valence-corrected chi connectivity index (χ3v) is 3.20. The molecule has 0 unspecified atom stereocenters. The van der Waals surface area contributed by atoms with Gasteiger partial charge in [-0.2, -0.15) is 5.10 Å². The van der Waals surface area contributed by atoms with E-state index >= 15 is 0 Å². The summed E-state index contributed by atoms with van der Waals surface area (Å²) in [5.41, 5.74) is -0.0114. The minimum atomic E-state index is -0.473. The van der Waals surface area contributed by atoms with Crippen LogP contribution in [0.4, 0.5) is 5.69 Å². The summed E-state index contributed by atoms with van der Waals surface area (Å²) in [5.74, 6) is 0. The van der Waals surface area contributed by atoms with E-state index in [1.807, 2.05) is 5.38 Å². The average Bonchev–Trinajstić information content (AvgIpc) is 2.77. The fourth-order valence-electron chi connectivity index (χ4n) is 1.12. The molecule has 0 fully saturated rings. The maximum Gasteiger partial charge on any atom is 0.307 e. The Kier molecular flexibility index (Phi) is 2.70. The first-order chi connectivity index (χ1) is 7.16. The lowest BCUT2D eigenvalue weighted by molar-refractivity contribution is -0.385. The summed E-state index contributed by atoms with van der Waals surface area (Å²) < 4.78 is 1.50. The van der Waals surface area contributed by atoms with Gasteiger partial charge >= 0.3 is 5.69 Å². The molecule has 15 heavy (non-hydrogen) atoms. The summed E-state index contributed by atoms with van der Waals surface area (Å²) >= 11 is 7.39. The standard InChI is InChI=1S/C8H6ClN3O2S/c9-7-1-2-15-8(7)5-11-4-6(3-10-11)12(13)14/h1-4H,5H2. The van der Waals surface area contributed by atoms with Crippen LogP contribution in [-0.4, -0.2) is 14.7 Å². The normalized spacial score (nSPS) is 10.5. The van der Waals surface area contributed by atoms with Crippen LogP contribution in [0.1, 0.15) is 4.88 Å². The predicted molar refractivity (Wildman–Crippen MR) is 57.3 cm³/mol. The first-order valence-corrected chi connectivity index (χ1v) is 5.31. The molecule has 0 N–H and O–H groups in total. The second-order valence-electron chi connectivity index (χ2n) is 2.84. The minimum absolute atomic E-state index is 0.0114. The molecular weight excluding hydrogens is 238 g/mol. The van der Waals surface area contributed by atoms with Gasteiger partial charge in [0.25, 0.3) is 0 Å². The number of hydrogen-bond acceptors (Lipinski definition) is 4. The zero-order chi connectivity index (χ0) is 10.8. The van der Waals surface area contributed by atoms with Crippen molar-refractivity contribution in [2.75, 3.05) is 0 Å². The van der Waals surface area contributed by atoms with E-state index in [9.17, 15) is 10.1 Å². The Morgan fingerprint density at radius 1 is 1.67 bits per heavy atom. The van der Waals surface area contributed by atoms with Crippen molar-refractivity contribution < 1.29 is 4.92 Å². The van der Waals surface area contributed by atoms with Gasteiger partial charge in [0.05, 0.1) is 16.5 Å². The van der Waals surface area contributed by atoms with Gasteiger partial charge in [-0.3, -0.25) is 14.8 Å². The third kappa shape index (κ3) is 2.16. The lowest BCUT2D eigenvalue weighted by atomic mass is 10.4. The molecule has 2 aromatic heterocycles. The summed E-state index contributed by atoms with van der Waals surface area (Å²) in [6.45, 7) is 0.463. The first-order valence-electron chi connectivity index (χ1n) is 4.05. The van der Waals surface area contributed by atoms with Crippen LogP contribution < -0.4 is 0 Å². The SMILES string of the molecule is O=[N+]([O-])c1cnn(Cc2sccc2Cl)c1. The fourth-order valence-corrected chi connectivity index (χ4v) is 2.21. The zero-order valence-electron chi connectivity index (χ0n) is 7.46. The molecule has 5 nitrogen and oxygen atoms in total. The van der Waals surface area contributed by atoms with Gasteiger partial charge in [0.15, 0.2) is 0 Å². The molecule has 0 bridgehead atoms. The van der Waals surface area contributed by atoms with E-state index < -0.39 is 4.92 Å². The summed E-state index contributed by atoms with van der Waals surface area (Å²) in [5, 5.41) is 16.8. The highest BCUT2D eigenvalue weighted by Gasteiger charge is 2.10. The topological polar surface area (TPSA) is 61.0 Å². The van der Waals surface area contributed by atoms with E-state index in [4.69, 9.17) is 11.6 Å². The molecule has 0 spiro atoms. The van der Waals surface area contributed by atoms with Crippen LogP contribution >= 0.6 is 22.9 Å². The Morgan fingerprint density at radius 3 is 3.00 bits per heavy atom. The molecule has 0 aliphatic carbocycles. The van der Waals surface area contributed by atoms with Gasteiger partial charge in [-0.15, -0.1) is 11.3 Å². The second-order valence-corrected chi connectivity index (χ2v) is 4.25. The number of halogens is 1. The van der Waals surface area contributed by atoms with Crippen LogP contribution in [0.3, 0.4) is 0 Å². The Balaban J connectivity index is 2.18. The Bertz CT molecular complexity index is 494. The second kappa shape index (κ2) is 4.00. The number of nitro groups is 1. The Hall–Kier alpha value is -1.40. The van der Waals surface area contributed by atoms with Crippen molar-refractivity contribution in [3.05, 3.63) is 43.9 Å². The largest absolute Gasteiger partial charge is 0.307 e. The number of rotatable bonds is 3. The minimum Gasteiger partial charge on any atom is -0.260 e. The molecule has 0 radical (unpaired) electrons. The van der Waals surface area contributed by atoms with Crippen molar-refractivity contribution in [2.45, 2.75) is 6.54 Å². The highest BCUT2D eigenvalue weighted by Crippen LogP contribution is 2.23. The molecule has 78 valence electrons. The molecule has 0 aromatic carbocycles. The molecule has 0 aliphatic rings. The predicted octanol–water partition coefficient (Wildman–Crippen LogP) is 2.55. The van der Waals surface area contributed by atoms with Gasteiger partial charge in [-0.25, -0.2) is 0 Å². The molecule has 7 heteroatoms. The van der Waals surface area contributed by atoms with E-state index in [1.54, 1.807) is 6.07 Å². The lowest BCUT2D eigenvalue weighted by Crippen LogP contribution is -1.98. The molecule has 2 rings (SSSR count). The summed E-state index contributed by atoms with van der Waals surface area (Å²) in [6.07, 6.45) is 2.61. The Labute approximate surface area is 94.1 Å². The molecule has 2 aromatic rings. The molecule has 2 heterocycles. The molecule has 0 atom stereocenters. The monoisotopic (exact) mass is 243 g/mol. The van der Waals surface area contributed by atoms with Crippen molar-refractivity contribution in [1.82, 2.24) is 9.78 Å². The average molecular weight is 244 g/mol. The van der Waals surface area contributed by atoms with Crippen LogP contribution in [0, 0.1) is 10.1 Å². The quantitative estimate of drug-likeness (QED) is 0.615. The number of nitrogens with zero attached hydrogens (tertiary/aromatic N) is 3. The van der Waals surface area contributed by atoms with Crippen molar-refractivity contribution in [3.63, 3.8) is 0 Å². The molecule has 0 saturated carbocycles. The Morgan fingerprint density at radius 2 is 2.47 bits per heavy atom. The number of aromatic nitrogens is 2. The van der Waals surface area contributed by atoms with Gasteiger partial charge in [-0.1, -0.05) is 11.6 Å². The summed E-state index contributed by atoms with van der Waals surface area (Å²) in [7, 11) is 0. The van der Waals surface area contributed by atoms with E-state index in [-0.39, 0.29) is 5.69 Å². The van der Waals surface area contributed by atoms with Crippen LogP contribution in [0.15, 0.2) is 23.8 Å². The zero-order valence-corrected chi connectivity index (χ0v) is 9.03. The van der Waals surface area contributed by atoms with Crippen LogP contribution in [0.2, 0.25) is 5.02 Å². The van der Waals surface area contributed by atoms with Gasteiger partial charge in [0, 0.05) is 4.88 Å². The van der Waals surface area contributed by atoms with Crippen molar-refractivity contribution in [3.8, 4) is 0 Å². The van der Waals surface area contributed by atoms with Crippen LogP contribution in [0.25, 0.3) is 0 Å². The first kappa shape index (κ1) is 10.1. The van der Waals surface area contributed by atoms with Crippen LogP contribution in [-0.2, 0) is 6.54 Å². The highest BCUT2D eigenvalue weighted by atomic mass is 35.5. The molecule has 0 amide bonds. The maximum atomic E-state index is 10.4.